The second-order valence-electron chi connectivity index (χ2n) is 8.51. The molecule has 0 spiro atoms. The van der Waals surface area contributed by atoms with Crippen molar-refractivity contribution in [3.8, 4) is 0 Å². The lowest BCUT2D eigenvalue weighted by Gasteiger charge is -2.63. The first-order valence-electron chi connectivity index (χ1n) is 9.51. The van der Waals surface area contributed by atoms with E-state index in [4.69, 9.17) is 9.16 Å². The number of carbonyl (C=O) groups is 1. The number of hydrogen-bond donors (Lipinski definition) is 0. The Kier molecular flexibility index (Phi) is 6.10. The molecule has 1 amide bonds. The fourth-order valence-electron chi connectivity index (χ4n) is 3.98. The van der Waals surface area contributed by atoms with Gasteiger partial charge in [-0.3, -0.25) is 0 Å². The highest BCUT2D eigenvalue weighted by Gasteiger charge is 2.66. The Balaban J connectivity index is 2.37. The van der Waals surface area contributed by atoms with Gasteiger partial charge in [0.2, 0.25) is 0 Å². The van der Waals surface area contributed by atoms with Crippen LogP contribution in [0.3, 0.4) is 0 Å². The predicted octanol–water partition coefficient (Wildman–Crippen LogP) is 5.83. The third-order valence-electron chi connectivity index (χ3n) is 5.44. The number of ether oxygens (including phenoxy) is 1. The molecule has 26 heavy (non-hydrogen) atoms. The number of hydrogen-bond acceptors (Lipinski definition) is 5. The average molecular weight is 400 g/mol. The fraction of sp³-hybridized carbons (Fsp3) is 0.737. The molecule has 0 aromatic carbocycles. The van der Waals surface area contributed by atoms with Gasteiger partial charge in [0.05, 0.1) is 4.88 Å². The topological polar surface area (TPSA) is 58.6 Å². The van der Waals surface area contributed by atoms with Crippen molar-refractivity contribution in [3.05, 3.63) is 27.6 Å². The molecule has 1 saturated heterocycles. The molecule has 0 radical (unpaired) electrons. The largest absolute Gasteiger partial charge is 0.622 e. The number of quaternary nitrogens is 1. The lowest BCUT2D eigenvalue weighted by atomic mass is 9.83. The van der Waals surface area contributed by atoms with Crippen molar-refractivity contribution in [1.82, 2.24) is 0 Å². The van der Waals surface area contributed by atoms with Crippen LogP contribution in [0.15, 0.2) is 17.5 Å². The summed E-state index contributed by atoms with van der Waals surface area (Å²) in [6, 6.07) is 6.32. The molecule has 5 nitrogen and oxygen atoms in total. The first-order valence-corrected chi connectivity index (χ1v) is 12.9. The highest BCUT2D eigenvalue weighted by molar-refractivity contribution is 7.10. The Bertz CT molecular complexity index is 618. The maximum atomic E-state index is 13.5. The van der Waals surface area contributed by atoms with Crippen LogP contribution >= 0.6 is 11.3 Å². The molecule has 0 bridgehead atoms. The zero-order valence-corrected chi connectivity index (χ0v) is 18.9. The van der Waals surface area contributed by atoms with E-state index in [0.717, 1.165) is 23.0 Å². The second kappa shape index (κ2) is 7.35. The van der Waals surface area contributed by atoms with E-state index in [9.17, 15) is 10.0 Å². The molecule has 3 atom stereocenters. The van der Waals surface area contributed by atoms with Gasteiger partial charge >= 0.3 is 6.09 Å². The Morgan fingerprint density at radius 2 is 1.92 bits per heavy atom. The van der Waals surface area contributed by atoms with Crippen LogP contribution in [0.5, 0.6) is 0 Å². The smallest absolute Gasteiger partial charge is 0.517 e. The van der Waals surface area contributed by atoms with Crippen molar-refractivity contribution < 1.29 is 18.6 Å². The Labute approximate surface area is 162 Å². The van der Waals surface area contributed by atoms with Crippen LogP contribution in [0.2, 0.25) is 18.1 Å². The van der Waals surface area contributed by atoms with Gasteiger partial charge in [-0.15, -0.1) is 11.3 Å². The molecule has 1 aromatic rings. The first kappa shape index (κ1) is 21.6. The summed E-state index contributed by atoms with van der Waals surface area (Å²) in [5.41, 5.74) is -1.31. The van der Waals surface area contributed by atoms with Gasteiger partial charge in [0, 0.05) is 0 Å². The van der Waals surface area contributed by atoms with Gasteiger partial charge in [0.25, 0.3) is 0 Å². The van der Waals surface area contributed by atoms with Crippen molar-refractivity contribution in [2.24, 2.45) is 0 Å². The molecule has 7 heteroatoms. The molecule has 2 rings (SSSR count). The number of nitrogens with zero attached hydrogens (tertiary/aromatic N) is 1. The van der Waals surface area contributed by atoms with E-state index in [1.54, 1.807) is 20.8 Å². The summed E-state index contributed by atoms with van der Waals surface area (Å²) in [5, 5.41) is 15.5. The lowest BCUT2D eigenvalue weighted by Crippen LogP contribution is -2.76. The number of carbonyl (C=O) groups excluding carboxylic acids is 1. The summed E-state index contributed by atoms with van der Waals surface area (Å²) in [6.07, 6.45) is -0.714. The molecular formula is C19H33NO4SSi. The number of likely N-dealkylation sites (tertiary alicyclic amines) is 1. The molecule has 3 unspecified atom stereocenters. The summed E-state index contributed by atoms with van der Waals surface area (Å²) >= 11 is 1.51. The quantitative estimate of drug-likeness (QED) is 0.343. The van der Waals surface area contributed by atoms with Crippen molar-refractivity contribution in [1.29, 1.82) is 0 Å². The average Bonchev–Trinajstić information content (AvgIpc) is 3.03. The summed E-state index contributed by atoms with van der Waals surface area (Å²) in [6.45, 7) is 14.0. The maximum Gasteiger partial charge on any atom is 0.517 e. The SMILES string of the molecule is CC[Si](CC)(CC)OC1(C)C[N+]([O-])(C(=O)OC(C)(C)C)C1c1cccs1. The predicted molar refractivity (Wildman–Crippen MR) is 108 cm³/mol. The third-order valence-corrected chi connectivity index (χ3v) is 11.1. The van der Waals surface area contributed by atoms with Crippen molar-refractivity contribution in [2.75, 3.05) is 6.54 Å². The Morgan fingerprint density at radius 3 is 2.35 bits per heavy atom. The van der Waals surface area contributed by atoms with Gasteiger partial charge in [-0.2, -0.15) is 4.79 Å². The zero-order valence-electron chi connectivity index (χ0n) is 17.1. The molecule has 148 valence electrons. The summed E-state index contributed by atoms with van der Waals surface area (Å²) < 4.78 is 11.2. The van der Waals surface area contributed by atoms with E-state index >= 15 is 0 Å². The summed E-state index contributed by atoms with van der Waals surface area (Å²) in [7, 11) is -1.92. The lowest BCUT2D eigenvalue weighted by molar-refractivity contribution is -0.908. The van der Waals surface area contributed by atoms with Gasteiger partial charge in [-0.05, 0) is 57.3 Å². The monoisotopic (exact) mass is 399 g/mol. The number of amides is 1. The van der Waals surface area contributed by atoms with Crippen LogP contribution < -0.4 is 0 Å². The minimum absolute atomic E-state index is 0.110. The standard InChI is InChI=1S/C19H33NO4SSi/c1-8-26(9-2,10-3)24-19(7)14-20(22,17(21)23-18(4,5)6)16(19)15-12-11-13-25-15/h11-13,16H,8-10,14H2,1-7H3. The van der Waals surface area contributed by atoms with Crippen LogP contribution in [-0.4, -0.2) is 36.8 Å². The third kappa shape index (κ3) is 3.92. The molecule has 1 fully saturated rings. The van der Waals surface area contributed by atoms with E-state index in [2.05, 4.69) is 20.8 Å². The summed E-state index contributed by atoms with van der Waals surface area (Å²) in [5.74, 6) is 0. The minimum Gasteiger partial charge on any atom is -0.622 e. The second-order valence-corrected chi connectivity index (χ2v) is 14.2. The van der Waals surface area contributed by atoms with E-state index in [0.29, 0.717) is 0 Å². The van der Waals surface area contributed by atoms with Gasteiger partial charge in [-0.25, -0.2) is 4.65 Å². The van der Waals surface area contributed by atoms with Crippen molar-refractivity contribution >= 4 is 25.7 Å². The van der Waals surface area contributed by atoms with Crippen molar-refractivity contribution in [2.45, 2.75) is 83.8 Å². The van der Waals surface area contributed by atoms with Crippen LogP contribution in [0.25, 0.3) is 0 Å². The van der Waals surface area contributed by atoms with Crippen LogP contribution in [0.4, 0.5) is 4.79 Å². The molecule has 0 N–H and O–H groups in total. The van der Waals surface area contributed by atoms with Gasteiger partial charge < -0.3 is 14.4 Å². The highest BCUT2D eigenvalue weighted by Crippen LogP contribution is 2.54. The van der Waals surface area contributed by atoms with Crippen molar-refractivity contribution in [3.63, 3.8) is 0 Å². The van der Waals surface area contributed by atoms with Crippen LogP contribution in [0, 0.1) is 5.21 Å². The Morgan fingerprint density at radius 1 is 1.35 bits per heavy atom. The minimum atomic E-state index is -1.92. The van der Waals surface area contributed by atoms with Crippen LogP contribution in [-0.2, 0) is 9.16 Å². The van der Waals surface area contributed by atoms with Crippen LogP contribution in [0.1, 0.15) is 59.4 Å². The number of rotatable bonds is 6. The maximum absolute atomic E-state index is 13.5. The fourth-order valence-corrected chi connectivity index (χ4v) is 8.10. The number of hydroxylamine groups is 3. The normalized spacial score (nSPS) is 29.3. The van der Waals surface area contributed by atoms with E-state index in [-0.39, 0.29) is 6.54 Å². The van der Waals surface area contributed by atoms with E-state index < -0.39 is 36.3 Å². The molecule has 1 aliphatic rings. The Hall–Kier alpha value is -0.733. The molecule has 2 heterocycles. The number of thiophene rings is 1. The van der Waals surface area contributed by atoms with E-state index in [1.807, 2.05) is 24.4 Å². The van der Waals surface area contributed by atoms with E-state index in [1.165, 1.54) is 11.3 Å². The summed E-state index contributed by atoms with van der Waals surface area (Å²) in [4.78, 5) is 13.6. The van der Waals surface area contributed by atoms with Gasteiger partial charge in [-0.1, -0.05) is 26.8 Å². The molecule has 1 aromatic heterocycles. The first-order chi connectivity index (χ1) is 12.0. The molecule has 0 aliphatic carbocycles. The molecule has 1 aliphatic heterocycles. The zero-order chi connectivity index (χ0) is 19.8. The molecular weight excluding hydrogens is 366 g/mol. The highest BCUT2D eigenvalue weighted by atomic mass is 32.1. The molecule has 0 saturated carbocycles. The van der Waals surface area contributed by atoms with Gasteiger partial charge in [0.1, 0.15) is 12.1 Å². The van der Waals surface area contributed by atoms with Gasteiger partial charge in [0.15, 0.2) is 20.0 Å².